The third kappa shape index (κ3) is 3.93. The van der Waals surface area contributed by atoms with Crippen LogP contribution < -0.4 is 0 Å². The van der Waals surface area contributed by atoms with Gasteiger partial charge in [-0.15, -0.1) is 0 Å². The van der Waals surface area contributed by atoms with Crippen LogP contribution in [0.3, 0.4) is 0 Å². The zero-order valence-electron chi connectivity index (χ0n) is 9.22. The maximum atomic E-state index is 11.9. The zero-order valence-corrected chi connectivity index (χ0v) is 10.1. The molecule has 1 aromatic carbocycles. The van der Waals surface area contributed by atoms with Crippen LogP contribution >= 0.6 is 7.37 Å². The monoisotopic (exact) mass is 224 g/mol. The summed E-state index contributed by atoms with van der Waals surface area (Å²) in [5, 5.41) is 0. The summed E-state index contributed by atoms with van der Waals surface area (Å²) < 4.78 is 17.2. The molecule has 0 aliphatic carbocycles. The van der Waals surface area contributed by atoms with Crippen molar-refractivity contribution in [1.82, 2.24) is 0 Å². The first-order valence-corrected chi connectivity index (χ1v) is 7.18. The standard InChI is InChI=1S/C12H17O2P/c1-3-15(13,4-2)14-11-10-12-8-6-5-7-9-12/h5-11H,3-4H2,1-2H3. The van der Waals surface area contributed by atoms with Gasteiger partial charge in [0.15, 0.2) is 0 Å². The predicted molar refractivity (Wildman–Crippen MR) is 65.2 cm³/mol. The predicted octanol–water partition coefficient (Wildman–Crippen LogP) is 3.99. The molecule has 0 radical (unpaired) electrons. The van der Waals surface area contributed by atoms with Gasteiger partial charge < -0.3 is 4.52 Å². The van der Waals surface area contributed by atoms with Crippen molar-refractivity contribution in [3.8, 4) is 0 Å². The zero-order chi connectivity index (χ0) is 11.1. The summed E-state index contributed by atoms with van der Waals surface area (Å²) in [6, 6.07) is 9.82. The molecular weight excluding hydrogens is 207 g/mol. The highest BCUT2D eigenvalue weighted by Crippen LogP contribution is 2.46. The fourth-order valence-electron chi connectivity index (χ4n) is 1.16. The van der Waals surface area contributed by atoms with Gasteiger partial charge >= 0.3 is 0 Å². The van der Waals surface area contributed by atoms with Crippen molar-refractivity contribution in [1.29, 1.82) is 0 Å². The van der Waals surface area contributed by atoms with Gasteiger partial charge in [-0.2, -0.15) is 0 Å². The van der Waals surface area contributed by atoms with Gasteiger partial charge in [0.25, 0.3) is 0 Å². The molecule has 0 aliphatic rings. The molecule has 0 atom stereocenters. The van der Waals surface area contributed by atoms with E-state index in [4.69, 9.17) is 4.52 Å². The second-order valence-corrected chi connectivity index (χ2v) is 6.37. The molecule has 1 aromatic rings. The average Bonchev–Trinajstić information content (AvgIpc) is 2.30. The van der Waals surface area contributed by atoms with Crippen LogP contribution in [0.5, 0.6) is 0 Å². The van der Waals surface area contributed by atoms with Crippen LogP contribution in [-0.2, 0) is 9.09 Å². The van der Waals surface area contributed by atoms with Gasteiger partial charge in [-0.25, -0.2) is 0 Å². The van der Waals surface area contributed by atoms with E-state index in [1.165, 1.54) is 0 Å². The van der Waals surface area contributed by atoms with Crippen molar-refractivity contribution in [2.24, 2.45) is 0 Å². The summed E-state index contributed by atoms with van der Waals surface area (Å²) in [6.45, 7) is 3.78. The van der Waals surface area contributed by atoms with Crippen LogP contribution in [0, 0.1) is 0 Å². The second-order valence-electron chi connectivity index (χ2n) is 3.27. The Hall–Kier alpha value is -1.01. The fraction of sp³-hybridized carbons (Fsp3) is 0.333. The molecular formula is C12H17O2P. The molecule has 2 nitrogen and oxygen atoms in total. The van der Waals surface area contributed by atoms with E-state index in [2.05, 4.69) is 0 Å². The Morgan fingerprint density at radius 1 is 1.20 bits per heavy atom. The third-order valence-corrected chi connectivity index (χ3v) is 4.71. The van der Waals surface area contributed by atoms with Gasteiger partial charge in [0.05, 0.1) is 6.26 Å². The van der Waals surface area contributed by atoms with E-state index >= 15 is 0 Å². The first-order valence-electron chi connectivity index (χ1n) is 5.18. The summed E-state index contributed by atoms with van der Waals surface area (Å²) in [5.41, 5.74) is 1.05. The van der Waals surface area contributed by atoms with Gasteiger partial charge in [0.2, 0.25) is 7.37 Å². The Morgan fingerprint density at radius 2 is 1.80 bits per heavy atom. The first kappa shape index (κ1) is 12.1. The molecule has 0 aromatic heterocycles. The van der Waals surface area contributed by atoms with Gasteiger partial charge in [-0.05, 0) is 11.6 Å². The van der Waals surface area contributed by atoms with Crippen LogP contribution in [-0.4, -0.2) is 12.3 Å². The second kappa shape index (κ2) is 5.77. The minimum absolute atomic E-state index is 0.586. The van der Waals surface area contributed by atoms with Gasteiger partial charge in [-0.3, -0.25) is 4.57 Å². The van der Waals surface area contributed by atoms with E-state index in [0.717, 1.165) is 5.56 Å². The van der Waals surface area contributed by atoms with Crippen LogP contribution in [0.4, 0.5) is 0 Å². The highest BCUT2D eigenvalue weighted by molar-refractivity contribution is 7.58. The molecule has 0 aliphatic heterocycles. The van der Waals surface area contributed by atoms with E-state index in [-0.39, 0.29) is 0 Å². The minimum Gasteiger partial charge on any atom is -0.451 e. The Morgan fingerprint density at radius 3 is 2.33 bits per heavy atom. The third-order valence-electron chi connectivity index (χ3n) is 2.28. The lowest BCUT2D eigenvalue weighted by atomic mass is 10.2. The lowest BCUT2D eigenvalue weighted by Gasteiger charge is -2.12. The SMILES string of the molecule is CCP(=O)(CC)OC=Cc1ccccc1. The summed E-state index contributed by atoms with van der Waals surface area (Å²) in [6.07, 6.45) is 4.55. The maximum Gasteiger partial charge on any atom is 0.246 e. The van der Waals surface area contributed by atoms with E-state index in [1.54, 1.807) is 6.26 Å². The average molecular weight is 224 g/mol. The lowest BCUT2D eigenvalue weighted by molar-refractivity contribution is 0.444. The van der Waals surface area contributed by atoms with Crippen molar-refractivity contribution >= 4 is 13.4 Å². The van der Waals surface area contributed by atoms with Crippen molar-refractivity contribution in [2.75, 3.05) is 12.3 Å². The largest absolute Gasteiger partial charge is 0.451 e. The maximum absolute atomic E-state index is 11.9. The Balaban J connectivity index is 2.57. The van der Waals surface area contributed by atoms with E-state index < -0.39 is 7.37 Å². The van der Waals surface area contributed by atoms with Crippen molar-refractivity contribution < 1.29 is 9.09 Å². The molecule has 3 heteroatoms. The van der Waals surface area contributed by atoms with Crippen LogP contribution in [0.1, 0.15) is 19.4 Å². The van der Waals surface area contributed by atoms with Gasteiger partial charge in [0.1, 0.15) is 0 Å². The quantitative estimate of drug-likeness (QED) is 0.558. The van der Waals surface area contributed by atoms with Gasteiger partial charge in [-0.1, -0.05) is 44.2 Å². The Labute approximate surface area is 91.4 Å². The number of benzene rings is 1. The molecule has 0 fully saturated rings. The van der Waals surface area contributed by atoms with Crippen molar-refractivity contribution in [2.45, 2.75) is 13.8 Å². The fourth-order valence-corrected chi connectivity index (χ4v) is 2.18. The number of hydrogen-bond donors (Lipinski definition) is 0. The van der Waals surface area contributed by atoms with Crippen LogP contribution in [0.25, 0.3) is 6.08 Å². The summed E-state index contributed by atoms with van der Waals surface area (Å²) in [7, 11) is -2.40. The van der Waals surface area contributed by atoms with E-state index in [1.807, 2.05) is 50.3 Å². The van der Waals surface area contributed by atoms with Crippen LogP contribution in [0.15, 0.2) is 36.6 Å². The molecule has 15 heavy (non-hydrogen) atoms. The molecule has 0 saturated carbocycles. The van der Waals surface area contributed by atoms with Crippen molar-refractivity contribution in [3.63, 3.8) is 0 Å². The Kier molecular flexibility index (Phi) is 4.64. The molecule has 0 N–H and O–H groups in total. The smallest absolute Gasteiger partial charge is 0.246 e. The van der Waals surface area contributed by atoms with Crippen LogP contribution in [0.2, 0.25) is 0 Å². The van der Waals surface area contributed by atoms with E-state index in [0.29, 0.717) is 12.3 Å². The molecule has 0 saturated heterocycles. The molecule has 82 valence electrons. The molecule has 0 heterocycles. The van der Waals surface area contributed by atoms with Gasteiger partial charge in [0, 0.05) is 12.3 Å². The summed E-state index contributed by atoms with van der Waals surface area (Å²) >= 11 is 0. The number of hydrogen-bond acceptors (Lipinski definition) is 2. The Bertz CT molecular complexity index is 349. The molecule has 0 bridgehead atoms. The lowest BCUT2D eigenvalue weighted by Crippen LogP contribution is -1.89. The highest BCUT2D eigenvalue weighted by Gasteiger charge is 2.15. The first-order chi connectivity index (χ1) is 7.20. The molecule has 0 unspecified atom stereocenters. The minimum atomic E-state index is -2.40. The highest BCUT2D eigenvalue weighted by atomic mass is 31.2. The van der Waals surface area contributed by atoms with Crippen molar-refractivity contribution in [3.05, 3.63) is 42.2 Å². The number of rotatable bonds is 5. The summed E-state index contributed by atoms with van der Waals surface area (Å²) in [5.74, 6) is 0. The summed E-state index contributed by atoms with van der Waals surface area (Å²) in [4.78, 5) is 0. The molecule has 1 rings (SSSR count). The van der Waals surface area contributed by atoms with E-state index in [9.17, 15) is 4.57 Å². The normalized spacial score (nSPS) is 11.9. The molecule has 0 spiro atoms. The topological polar surface area (TPSA) is 26.3 Å². The molecule has 0 amide bonds.